The van der Waals surface area contributed by atoms with E-state index in [1.54, 1.807) is 0 Å². The minimum Gasteiger partial charge on any atom is -0.354 e. The first-order valence-electron chi connectivity index (χ1n) is 14.6. The molecule has 3 aromatic rings. The Morgan fingerprint density at radius 1 is 0.909 bits per heavy atom. The number of hydrogen-bond acceptors (Lipinski definition) is 4. The van der Waals surface area contributed by atoms with E-state index < -0.39 is 27.8 Å². The van der Waals surface area contributed by atoms with Crippen LogP contribution in [0.5, 0.6) is 0 Å². The number of carbonyl (C=O) groups excluding carboxylic acids is 2. The number of hydrogen-bond donors (Lipinski definition) is 1. The standard InChI is InChI=1S/C33H40F3N3O4S/c1-4-5-19-37-32(41)30(22-26-13-7-6-8-14-26)38(24-27-15-9-12-25(2)21-27)31(40)18-11-20-39(44(3,42)43)29-17-10-16-28(23-29)33(34,35)36/h6-10,12-17,21,23,30H,4-5,11,18-20,22,24H2,1-3H3,(H,37,41). The van der Waals surface area contributed by atoms with Gasteiger partial charge < -0.3 is 10.2 Å². The lowest BCUT2D eigenvalue weighted by Crippen LogP contribution is -2.50. The zero-order valence-electron chi connectivity index (χ0n) is 25.3. The Balaban J connectivity index is 1.89. The van der Waals surface area contributed by atoms with Crippen LogP contribution in [-0.4, -0.2) is 50.5 Å². The molecule has 0 saturated carbocycles. The summed E-state index contributed by atoms with van der Waals surface area (Å²) in [6.07, 6.45) is -1.88. The predicted octanol–water partition coefficient (Wildman–Crippen LogP) is 6.12. The Bertz CT molecular complexity index is 1500. The molecule has 1 unspecified atom stereocenters. The fraction of sp³-hybridized carbons (Fsp3) is 0.394. The van der Waals surface area contributed by atoms with Gasteiger partial charge in [-0.15, -0.1) is 0 Å². The molecule has 0 saturated heterocycles. The highest BCUT2D eigenvalue weighted by Crippen LogP contribution is 2.32. The number of sulfonamides is 1. The van der Waals surface area contributed by atoms with Gasteiger partial charge in [0.1, 0.15) is 6.04 Å². The second-order valence-corrected chi connectivity index (χ2v) is 12.8. The van der Waals surface area contributed by atoms with E-state index in [9.17, 15) is 31.2 Å². The highest BCUT2D eigenvalue weighted by atomic mass is 32.2. The van der Waals surface area contributed by atoms with Gasteiger partial charge in [-0.05, 0) is 49.1 Å². The van der Waals surface area contributed by atoms with Gasteiger partial charge in [-0.25, -0.2) is 8.42 Å². The SMILES string of the molecule is CCCCNC(=O)C(Cc1ccccc1)N(Cc1cccc(C)c1)C(=O)CCCN(c1cccc(C(F)(F)F)c1)S(C)(=O)=O. The van der Waals surface area contributed by atoms with Crippen molar-refractivity contribution >= 4 is 27.5 Å². The number of benzene rings is 3. The van der Waals surface area contributed by atoms with E-state index in [-0.39, 0.29) is 49.9 Å². The quantitative estimate of drug-likeness (QED) is 0.205. The molecule has 0 bridgehead atoms. The van der Waals surface area contributed by atoms with Crippen molar-refractivity contribution in [2.75, 3.05) is 23.7 Å². The van der Waals surface area contributed by atoms with Crippen LogP contribution >= 0.6 is 0 Å². The van der Waals surface area contributed by atoms with E-state index in [0.717, 1.165) is 58.3 Å². The van der Waals surface area contributed by atoms with E-state index >= 15 is 0 Å². The molecule has 11 heteroatoms. The van der Waals surface area contributed by atoms with Crippen molar-refractivity contribution in [2.24, 2.45) is 0 Å². The summed E-state index contributed by atoms with van der Waals surface area (Å²) in [4.78, 5) is 29.0. The number of carbonyl (C=O) groups is 2. The Kier molecular flexibility index (Phi) is 12.4. The topological polar surface area (TPSA) is 86.8 Å². The minimum atomic E-state index is -4.64. The predicted molar refractivity (Wildman–Crippen MR) is 166 cm³/mol. The van der Waals surface area contributed by atoms with Gasteiger partial charge >= 0.3 is 6.18 Å². The number of nitrogens with zero attached hydrogens (tertiary/aromatic N) is 2. The molecular weight excluding hydrogens is 591 g/mol. The summed E-state index contributed by atoms with van der Waals surface area (Å²) in [5.74, 6) is -0.652. The molecule has 0 heterocycles. The Morgan fingerprint density at radius 2 is 1.59 bits per heavy atom. The van der Waals surface area contributed by atoms with Gasteiger partial charge in [-0.1, -0.05) is 79.6 Å². The van der Waals surface area contributed by atoms with Crippen molar-refractivity contribution in [3.8, 4) is 0 Å². The fourth-order valence-corrected chi connectivity index (χ4v) is 5.87. The normalized spacial score (nSPS) is 12.4. The molecule has 7 nitrogen and oxygen atoms in total. The third-order valence-electron chi connectivity index (χ3n) is 7.15. The molecule has 2 amide bonds. The smallest absolute Gasteiger partial charge is 0.354 e. The van der Waals surface area contributed by atoms with Crippen molar-refractivity contribution in [3.05, 3.63) is 101 Å². The Hall–Kier alpha value is -3.86. The summed E-state index contributed by atoms with van der Waals surface area (Å²) < 4.78 is 66.0. The molecule has 3 aromatic carbocycles. The van der Waals surface area contributed by atoms with E-state index in [0.29, 0.717) is 6.54 Å². The molecule has 0 radical (unpaired) electrons. The maximum atomic E-state index is 13.9. The average molecular weight is 632 g/mol. The first-order valence-corrected chi connectivity index (χ1v) is 16.5. The molecule has 44 heavy (non-hydrogen) atoms. The lowest BCUT2D eigenvalue weighted by molar-refractivity contribution is -0.141. The largest absolute Gasteiger partial charge is 0.416 e. The van der Waals surface area contributed by atoms with Crippen molar-refractivity contribution in [2.45, 2.75) is 64.7 Å². The third kappa shape index (κ3) is 10.4. The molecule has 0 aliphatic rings. The number of unbranched alkanes of at least 4 members (excludes halogenated alkanes) is 1. The van der Waals surface area contributed by atoms with E-state index in [1.165, 1.54) is 11.0 Å². The zero-order valence-corrected chi connectivity index (χ0v) is 26.1. The molecule has 1 atom stereocenters. The van der Waals surface area contributed by atoms with Gasteiger partial charge in [0.25, 0.3) is 0 Å². The number of alkyl halides is 3. The van der Waals surface area contributed by atoms with Gasteiger partial charge in [-0.2, -0.15) is 13.2 Å². The Labute approximate surface area is 258 Å². The van der Waals surface area contributed by atoms with Crippen LogP contribution in [0.2, 0.25) is 0 Å². The van der Waals surface area contributed by atoms with Crippen LogP contribution in [0.3, 0.4) is 0 Å². The average Bonchev–Trinajstić information content (AvgIpc) is 2.96. The molecule has 0 aromatic heterocycles. The molecule has 0 fully saturated rings. The van der Waals surface area contributed by atoms with Gasteiger partial charge in [0.2, 0.25) is 21.8 Å². The van der Waals surface area contributed by atoms with Crippen molar-refractivity contribution < 1.29 is 31.2 Å². The summed E-state index contributed by atoms with van der Waals surface area (Å²) in [7, 11) is -3.96. The Morgan fingerprint density at radius 3 is 2.23 bits per heavy atom. The van der Waals surface area contributed by atoms with E-state index in [2.05, 4.69) is 5.32 Å². The first-order chi connectivity index (χ1) is 20.8. The highest BCUT2D eigenvalue weighted by Gasteiger charge is 2.32. The number of amides is 2. The van der Waals surface area contributed by atoms with Gasteiger partial charge in [0.15, 0.2) is 0 Å². The molecule has 3 rings (SSSR count). The van der Waals surface area contributed by atoms with Crippen LogP contribution in [0.4, 0.5) is 18.9 Å². The summed E-state index contributed by atoms with van der Waals surface area (Å²) in [6.45, 7) is 4.36. The summed E-state index contributed by atoms with van der Waals surface area (Å²) in [5.41, 5.74) is 1.59. The fourth-order valence-electron chi connectivity index (χ4n) is 4.91. The number of rotatable bonds is 15. The molecule has 238 valence electrons. The summed E-state index contributed by atoms with van der Waals surface area (Å²) >= 11 is 0. The molecule has 0 aliphatic heterocycles. The second-order valence-electron chi connectivity index (χ2n) is 10.8. The molecule has 0 spiro atoms. The number of nitrogens with one attached hydrogen (secondary N) is 1. The van der Waals surface area contributed by atoms with Crippen LogP contribution < -0.4 is 9.62 Å². The maximum absolute atomic E-state index is 13.9. The van der Waals surface area contributed by atoms with Crippen LogP contribution in [0.1, 0.15) is 54.9 Å². The molecule has 1 N–H and O–H groups in total. The maximum Gasteiger partial charge on any atom is 0.416 e. The number of halogens is 3. The molecule has 0 aliphatic carbocycles. The van der Waals surface area contributed by atoms with Crippen LogP contribution in [0.25, 0.3) is 0 Å². The van der Waals surface area contributed by atoms with E-state index in [4.69, 9.17) is 0 Å². The summed E-state index contributed by atoms with van der Waals surface area (Å²) in [6, 6.07) is 20.2. The lowest BCUT2D eigenvalue weighted by atomic mass is 10.0. The lowest BCUT2D eigenvalue weighted by Gasteiger charge is -2.32. The van der Waals surface area contributed by atoms with Gasteiger partial charge in [-0.3, -0.25) is 13.9 Å². The number of anilines is 1. The van der Waals surface area contributed by atoms with Crippen LogP contribution in [-0.2, 0) is 38.8 Å². The van der Waals surface area contributed by atoms with Crippen molar-refractivity contribution in [3.63, 3.8) is 0 Å². The van der Waals surface area contributed by atoms with Gasteiger partial charge in [0, 0.05) is 32.5 Å². The third-order valence-corrected chi connectivity index (χ3v) is 8.34. The van der Waals surface area contributed by atoms with Crippen LogP contribution in [0, 0.1) is 6.92 Å². The second kappa shape index (κ2) is 15.7. The van der Waals surface area contributed by atoms with Gasteiger partial charge in [0.05, 0.1) is 17.5 Å². The molecular formula is C33H40F3N3O4S. The minimum absolute atomic E-state index is 0.0297. The summed E-state index contributed by atoms with van der Waals surface area (Å²) in [5, 5.41) is 2.96. The highest BCUT2D eigenvalue weighted by molar-refractivity contribution is 7.92. The first kappa shape index (κ1) is 34.6. The number of aryl methyl sites for hydroxylation is 1. The monoisotopic (exact) mass is 631 g/mol. The van der Waals surface area contributed by atoms with Crippen molar-refractivity contribution in [1.29, 1.82) is 0 Å². The zero-order chi connectivity index (χ0) is 32.3. The van der Waals surface area contributed by atoms with Crippen molar-refractivity contribution in [1.82, 2.24) is 10.2 Å². The van der Waals surface area contributed by atoms with E-state index in [1.807, 2.05) is 68.4 Å². The van der Waals surface area contributed by atoms with Crippen LogP contribution in [0.15, 0.2) is 78.9 Å².